The molecule has 0 saturated carbocycles. The first kappa shape index (κ1) is 11.9. The zero-order valence-corrected chi connectivity index (χ0v) is 11.5. The average Bonchev–Trinajstić information content (AvgIpc) is 2.72. The van der Waals surface area contributed by atoms with Crippen molar-refractivity contribution in [2.75, 3.05) is 0 Å². The molecule has 2 aromatic rings. The molecule has 1 aliphatic carbocycles. The van der Waals surface area contributed by atoms with E-state index in [0.29, 0.717) is 0 Å². The SMILES string of the molecule is CC1(C)Cc2nc(-c3ccccc3)sc2C(O)C1. The summed E-state index contributed by atoms with van der Waals surface area (Å²) >= 11 is 1.64. The Hall–Kier alpha value is -1.19. The van der Waals surface area contributed by atoms with Crippen molar-refractivity contribution in [3.05, 3.63) is 40.9 Å². The van der Waals surface area contributed by atoms with Crippen molar-refractivity contribution in [3.63, 3.8) is 0 Å². The van der Waals surface area contributed by atoms with E-state index in [9.17, 15) is 5.11 Å². The maximum atomic E-state index is 10.2. The van der Waals surface area contributed by atoms with Crippen LogP contribution in [0.15, 0.2) is 30.3 Å². The fraction of sp³-hybridized carbons (Fsp3) is 0.400. The van der Waals surface area contributed by atoms with Crippen molar-refractivity contribution in [2.24, 2.45) is 5.41 Å². The van der Waals surface area contributed by atoms with Gasteiger partial charge in [0.25, 0.3) is 0 Å². The normalized spacial score (nSPS) is 21.6. The molecule has 1 atom stereocenters. The van der Waals surface area contributed by atoms with Gasteiger partial charge in [-0.1, -0.05) is 44.2 Å². The van der Waals surface area contributed by atoms with Crippen molar-refractivity contribution >= 4 is 11.3 Å². The van der Waals surface area contributed by atoms with Gasteiger partial charge in [0.1, 0.15) is 5.01 Å². The number of aliphatic hydroxyl groups excluding tert-OH is 1. The summed E-state index contributed by atoms with van der Waals surface area (Å²) in [6.45, 7) is 4.39. The Bertz CT molecular complexity index is 559. The minimum absolute atomic E-state index is 0.147. The maximum absolute atomic E-state index is 10.2. The molecular weight excluding hydrogens is 242 g/mol. The predicted molar refractivity (Wildman–Crippen MR) is 74.6 cm³/mol. The van der Waals surface area contributed by atoms with Gasteiger partial charge >= 0.3 is 0 Å². The van der Waals surface area contributed by atoms with Gasteiger partial charge in [-0.3, -0.25) is 0 Å². The van der Waals surface area contributed by atoms with Crippen LogP contribution in [0.4, 0.5) is 0 Å². The van der Waals surface area contributed by atoms with Gasteiger partial charge in [-0.25, -0.2) is 4.98 Å². The van der Waals surface area contributed by atoms with Crippen molar-refractivity contribution in [1.29, 1.82) is 0 Å². The molecule has 18 heavy (non-hydrogen) atoms. The monoisotopic (exact) mass is 259 g/mol. The van der Waals surface area contributed by atoms with Crippen LogP contribution in [0.2, 0.25) is 0 Å². The molecule has 2 nitrogen and oxygen atoms in total. The minimum atomic E-state index is -0.348. The van der Waals surface area contributed by atoms with Gasteiger partial charge in [0.2, 0.25) is 0 Å². The first-order valence-electron chi connectivity index (χ1n) is 6.28. The van der Waals surface area contributed by atoms with Gasteiger partial charge in [-0.05, 0) is 18.3 Å². The van der Waals surface area contributed by atoms with Crippen LogP contribution < -0.4 is 0 Å². The summed E-state index contributed by atoms with van der Waals surface area (Å²) in [5.74, 6) is 0. The molecule has 0 fully saturated rings. The van der Waals surface area contributed by atoms with Crippen molar-refractivity contribution in [2.45, 2.75) is 32.8 Å². The zero-order chi connectivity index (χ0) is 12.8. The van der Waals surface area contributed by atoms with Crippen LogP contribution in [-0.4, -0.2) is 10.1 Å². The lowest BCUT2D eigenvalue weighted by Gasteiger charge is -2.31. The lowest BCUT2D eigenvalue weighted by molar-refractivity contribution is 0.102. The third-order valence-electron chi connectivity index (χ3n) is 3.44. The van der Waals surface area contributed by atoms with Crippen molar-refractivity contribution in [3.8, 4) is 10.6 Å². The van der Waals surface area contributed by atoms with Crippen LogP contribution >= 0.6 is 11.3 Å². The maximum Gasteiger partial charge on any atom is 0.123 e. The Morgan fingerprint density at radius 1 is 1.28 bits per heavy atom. The Kier molecular flexibility index (Phi) is 2.76. The molecule has 1 aliphatic rings. The molecule has 1 aromatic carbocycles. The molecule has 3 heteroatoms. The van der Waals surface area contributed by atoms with Gasteiger partial charge in [-0.15, -0.1) is 11.3 Å². The summed E-state index contributed by atoms with van der Waals surface area (Å²) in [5, 5.41) is 11.3. The third-order valence-corrected chi connectivity index (χ3v) is 4.69. The van der Waals surface area contributed by atoms with Gasteiger partial charge in [0.05, 0.1) is 16.7 Å². The van der Waals surface area contributed by atoms with E-state index in [1.54, 1.807) is 11.3 Å². The van der Waals surface area contributed by atoms with E-state index >= 15 is 0 Å². The molecule has 1 heterocycles. The predicted octanol–water partition coefficient (Wildman–Crippen LogP) is 3.82. The van der Waals surface area contributed by atoms with E-state index in [1.165, 1.54) is 0 Å². The number of fused-ring (bicyclic) bond motifs is 1. The summed E-state index contributed by atoms with van der Waals surface area (Å²) in [6.07, 6.45) is 1.44. The van der Waals surface area contributed by atoms with Gasteiger partial charge in [0, 0.05) is 5.56 Å². The number of nitrogens with zero attached hydrogens (tertiary/aromatic N) is 1. The van der Waals surface area contributed by atoms with Crippen LogP contribution in [0.3, 0.4) is 0 Å². The number of rotatable bonds is 1. The van der Waals surface area contributed by atoms with E-state index < -0.39 is 0 Å². The largest absolute Gasteiger partial charge is 0.387 e. The molecule has 0 aliphatic heterocycles. The fourth-order valence-electron chi connectivity index (χ4n) is 2.60. The molecule has 3 rings (SSSR count). The van der Waals surface area contributed by atoms with Crippen LogP contribution in [0.25, 0.3) is 10.6 Å². The quantitative estimate of drug-likeness (QED) is 0.844. The second-order valence-electron chi connectivity index (χ2n) is 5.76. The number of hydrogen-bond acceptors (Lipinski definition) is 3. The Morgan fingerprint density at radius 3 is 2.72 bits per heavy atom. The van der Waals surface area contributed by atoms with Crippen LogP contribution in [-0.2, 0) is 6.42 Å². The molecular formula is C15H17NOS. The Morgan fingerprint density at radius 2 is 2.00 bits per heavy atom. The zero-order valence-electron chi connectivity index (χ0n) is 10.7. The van der Waals surface area contributed by atoms with Crippen LogP contribution in [0, 0.1) is 5.41 Å². The molecule has 1 aromatic heterocycles. The lowest BCUT2D eigenvalue weighted by atomic mass is 9.77. The smallest absolute Gasteiger partial charge is 0.123 e. The molecule has 1 N–H and O–H groups in total. The van der Waals surface area contributed by atoms with Crippen molar-refractivity contribution in [1.82, 2.24) is 4.98 Å². The highest BCUT2D eigenvalue weighted by atomic mass is 32.1. The average molecular weight is 259 g/mol. The highest BCUT2D eigenvalue weighted by molar-refractivity contribution is 7.15. The van der Waals surface area contributed by atoms with E-state index in [1.807, 2.05) is 18.2 Å². The minimum Gasteiger partial charge on any atom is -0.387 e. The van der Waals surface area contributed by atoms with E-state index in [4.69, 9.17) is 4.98 Å². The molecule has 1 unspecified atom stereocenters. The standard InChI is InChI=1S/C15H17NOS/c1-15(2)8-11-13(12(17)9-15)18-14(16-11)10-6-4-3-5-7-10/h3-7,12,17H,8-9H2,1-2H3. The number of aromatic nitrogens is 1. The van der Waals surface area contributed by atoms with Gasteiger partial charge in [0.15, 0.2) is 0 Å². The molecule has 94 valence electrons. The second-order valence-corrected chi connectivity index (χ2v) is 6.79. The highest BCUT2D eigenvalue weighted by Gasteiger charge is 2.34. The fourth-order valence-corrected chi connectivity index (χ4v) is 3.67. The first-order valence-corrected chi connectivity index (χ1v) is 7.10. The Balaban J connectivity index is 2.03. The summed E-state index contributed by atoms with van der Waals surface area (Å²) < 4.78 is 0. The summed E-state index contributed by atoms with van der Waals surface area (Å²) in [4.78, 5) is 5.79. The van der Waals surface area contributed by atoms with Gasteiger partial charge in [-0.2, -0.15) is 0 Å². The van der Waals surface area contributed by atoms with E-state index in [-0.39, 0.29) is 11.5 Å². The molecule has 0 radical (unpaired) electrons. The molecule has 0 spiro atoms. The van der Waals surface area contributed by atoms with Crippen LogP contribution in [0.1, 0.15) is 36.9 Å². The lowest BCUT2D eigenvalue weighted by Crippen LogP contribution is -2.24. The number of aliphatic hydroxyl groups is 1. The second kappa shape index (κ2) is 4.18. The van der Waals surface area contributed by atoms with Gasteiger partial charge < -0.3 is 5.11 Å². The third kappa shape index (κ3) is 2.08. The summed E-state index contributed by atoms with van der Waals surface area (Å²) in [6, 6.07) is 10.2. The topological polar surface area (TPSA) is 33.1 Å². The number of hydrogen-bond donors (Lipinski definition) is 1. The summed E-state index contributed by atoms with van der Waals surface area (Å²) in [5.41, 5.74) is 2.37. The van der Waals surface area contributed by atoms with Crippen LogP contribution in [0.5, 0.6) is 0 Å². The summed E-state index contributed by atoms with van der Waals surface area (Å²) in [7, 11) is 0. The highest BCUT2D eigenvalue weighted by Crippen LogP contribution is 2.44. The van der Waals surface area contributed by atoms with E-state index in [2.05, 4.69) is 26.0 Å². The Labute approximate surface area is 111 Å². The number of benzene rings is 1. The molecule has 0 amide bonds. The first-order chi connectivity index (χ1) is 8.55. The number of thiazole rings is 1. The molecule has 0 bridgehead atoms. The van der Waals surface area contributed by atoms with E-state index in [0.717, 1.165) is 34.0 Å². The van der Waals surface area contributed by atoms with Crippen molar-refractivity contribution < 1.29 is 5.11 Å². The molecule has 0 saturated heterocycles.